The first-order valence-corrected chi connectivity index (χ1v) is 12.7. The lowest BCUT2D eigenvalue weighted by Crippen LogP contribution is -2.43. The number of sulfone groups is 1. The minimum absolute atomic E-state index is 0.0462. The van der Waals surface area contributed by atoms with Gasteiger partial charge in [0.25, 0.3) is 5.91 Å². The Hall–Kier alpha value is -3.26. The molecule has 3 aromatic rings. The van der Waals surface area contributed by atoms with Crippen LogP contribution in [0.2, 0.25) is 0 Å². The molecular weight excluding hydrogens is 440 g/mol. The van der Waals surface area contributed by atoms with Crippen molar-refractivity contribution in [2.45, 2.75) is 26.3 Å². The van der Waals surface area contributed by atoms with Crippen LogP contribution in [-0.4, -0.2) is 60.9 Å². The zero-order valence-electron chi connectivity index (χ0n) is 18.7. The van der Waals surface area contributed by atoms with Gasteiger partial charge in [0.2, 0.25) is 0 Å². The van der Waals surface area contributed by atoms with Crippen LogP contribution in [0.25, 0.3) is 22.2 Å². The fraction of sp³-hybridized carbons (Fsp3) is 0.320. The topological polar surface area (TPSA) is 93.6 Å². The number of esters is 1. The Balaban J connectivity index is 1.56. The van der Waals surface area contributed by atoms with Gasteiger partial charge in [-0.3, -0.25) is 4.79 Å². The number of rotatable bonds is 6. The Morgan fingerprint density at radius 2 is 1.85 bits per heavy atom. The molecule has 172 valence electrons. The second-order valence-corrected chi connectivity index (χ2v) is 10.5. The third kappa shape index (κ3) is 5.06. The SMILES string of the molecule is CCN(C(=O)COC(=O)c1cc(-c2ccc(C)cc2)nc2ccccc12)C1CCS(=O)(=O)C1. The molecule has 1 amide bonds. The molecule has 33 heavy (non-hydrogen) atoms. The van der Waals surface area contributed by atoms with Crippen LogP contribution >= 0.6 is 0 Å². The standard InChI is InChI=1S/C25H26N2O5S/c1-3-27(19-12-13-33(30,31)16-19)24(28)15-32-25(29)21-14-23(18-10-8-17(2)9-11-18)26-22-7-5-4-6-20(21)22/h4-11,14,19H,3,12-13,15-16H2,1-2H3. The van der Waals surface area contributed by atoms with E-state index in [-0.39, 0.29) is 17.5 Å². The number of hydrogen-bond donors (Lipinski definition) is 0. The van der Waals surface area contributed by atoms with E-state index in [1.165, 1.54) is 4.90 Å². The van der Waals surface area contributed by atoms with Crippen molar-refractivity contribution in [1.29, 1.82) is 0 Å². The summed E-state index contributed by atoms with van der Waals surface area (Å²) in [5.74, 6) is -0.989. The van der Waals surface area contributed by atoms with Crippen molar-refractivity contribution in [3.8, 4) is 11.3 Å². The van der Waals surface area contributed by atoms with Crippen molar-refractivity contribution >= 4 is 32.6 Å². The lowest BCUT2D eigenvalue weighted by Gasteiger charge is -2.26. The van der Waals surface area contributed by atoms with Crippen LogP contribution in [0.1, 0.15) is 29.3 Å². The molecule has 4 rings (SSSR count). The lowest BCUT2D eigenvalue weighted by molar-refractivity contribution is -0.136. The van der Waals surface area contributed by atoms with Crippen molar-refractivity contribution in [1.82, 2.24) is 9.88 Å². The molecule has 1 aliphatic heterocycles. The zero-order chi connectivity index (χ0) is 23.6. The summed E-state index contributed by atoms with van der Waals surface area (Å²) in [6, 6.07) is 16.4. The molecule has 2 aromatic carbocycles. The Bertz CT molecular complexity index is 1300. The molecule has 8 heteroatoms. The highest BCUT2D eigenvalue weighted by Crippen LogP contribution is 2.26. The smallest absolute Gasteiger partial charge is 0.339 e. The van der Waals surface area contributed by atoms with Gasteiger partial charge in [-0.05, 0) is 32.4 Å². The second kappa shape index (κ2) is 9.31. The van der Waals surface area contributed by atoms with E-state index in [0.29, 0.717) is 35.1 Å². The predicted octanol–water partition coefficient (Wildman–Crippen LogP) is 3.40. The van der Waals surface area contributed by atoms with Crippen LogP contribution in [0, 0.1) is 6.92 Å². The fourth-order valence-electron chi connectivity index (χ4n) is 4.16. The van der Waals surface area contributed by atoms with Gasteiger partial charge >= 0.3 is 5.97 Å². The third-order valence-electron chi connectivity index (χ3n) is 5.92. The van der Waals surface area contributed by atoms with E-state index >= 15 is 0 Å². The first-order valence-electron chi connectivity index (χ1n) is 10.9. The largest absolute Gasteiger partial charge is 0.452 e. The minimum Gasteiger partial charge on any atom is -0.452 e. The fourth-order valence-corrected chi connectivity index (χ4v) is 5.89. The van der Waals surface area contributed by atoms with E-state index in [4.69, 9.17) is 4.74 Å². The number of aryl methyl sites for hydroxylation is 1. The summed E-state index contributed by atoms with van der Waals surface area (Å²) >= 11 is 0. The predicted molar refractivity (Wildman–Crippen MR) is 127 cm³/mol. The Morgan fingerprint density at radius 1 is 1.12 bits per heavy atom. The zero-order valence-corrected chi connectivity index (χ0v) is 19.5. The molecule has 0 bridgehead atoms. The maximum Gasteiger partial charge on any atom is 0.339 e. The number of amides is 1. The number of ether oxygens (including phenoxy) is 1. The molecular formula is C25H26N2O5S. The van der Waals surface area contributed by atoms with E-state index in [9.17, 15) is 18.0 Å². The molecule has 0 spiro atoms. The number of fused-ring (bicyclic) bond motifs is 1. The van der Waals surface area contributed by atoms with Crippen LogP contribution in [0.3, 0.4) is 0 Å². The van der Waals surface area contributed by atoms with Crippen LogP contribution in [-0.2, 0) is 19.4 Å². The summed E-state index contributed by atoms with van der Waals surface area (Å²) in [5.41, 5.74) is 3.61. The van der Waals surface area contributed by atoms with Crippen molar-refractivity contribution in [2.75, 3.05) is 24.7 Å². The van der Waals surface area contributed by atoms with Gasteiger partial charge in [-0.25, -0.2) is 18.2 Å². The maximum atomic E-state index is 13.0. The van der Waals surface area contributed by atoms with E-state index in [2.05, 4.69) is 4.98 Å². The maximum absolute atomic E-state index is 13.0. The van der Waals surface area contributed by atoms with Crippen molar-refractivity contribution in [3.05, 3.63) is 65.7 Å². The number of hydrogen-bond acceptors (Lipinski definition) is 6. The van der Waals surface area contributed by atoms with E-state index < -0.39 is 28.3 Å². The summed E-state index contributed by atoms with van der Waals surface area (Å²) in [7, 11) is -3.13. The van der Waals surface area contributed by atoms with Gasteiger partial charge in [0.05, 0.1) is 28.3 Å². The molecule has 1 saturated heterocycles. The van der Waals surface area contributed by atoms with Crippen LogP contribution in [0.15, 0.2) is 54.6 Å². The Labute approximate surface area is 193 Å². The van der Waals surface area contributed by atoms with Crippen molar-refractivity contribution < 1.29 is 22.7 Å². The van der Waals surface area contributed by atoms with Gasteiger partial charge in [-0.2, -0.15) is 0 Å². The molecule has 0 saturated carbocycles. The molecule has 1 aromatic heterocycles. The quantitative estimate of drug-likeness (QED) is 0.517. The summed E-state index contributed by atoms with van der Waals surface area (Å²) in [6.45, 7) is 3.69. The number of likely N-dealkylation sites (N-methyl/N-ethyl adjacent to an activating group) is 1. The lowest BCUT2D eigenvalue weighted by atomic mass is 10.0. The first kappa shape index (κ1) is 22.9. The summed E-state index contributed by atoms with van der Waals surface area (Å²) in [4.78, 5) is 31.9. The second-order valence-electron chi connectivity index (χ2n) is 8.25. The average molecular weight is 467 g/mol. The molecule has 2 heterocycles. The van der Waals surface area contributed by atoms with Crippen molar-refractivity contribution in [3.63, 3.8) is 0 Å². The van der Waals surface area contributed by atoms with Gasteiger partial charge in [-0.1, -0.05) is 48.0 Å². The summed E-state index contributed by atoms with van der Waals surface area (Å²) in [5, 5.41) is 0.639. The number of carbonyl (C=O) groups is 2. The van der Waals surface area contributed by atoms with Crippen molar-refractivity contribution in [2.24, 2.45) is 0 Å². The highest BCUT2D eigenvalue weighted by molar-refractivity contribution is 7.91. The molecule has 1 aliphatic rings. The third-order valence-corrected chi connectivity index (χ3v) is 7.67. The number of nitrogens with zero attached hydrogens (tertiary/aromatic N) is 2. The minimum atomic E-state index is -3.13. The first-order chi connectivity index (χ1) is 15.8. The number of aromatic nitrogens is 1. The van der Waals surface area contributed by atoms with Gasteiger partial charge < -0.3 is 9.64 Å². The number of benzene rings is 2. The number of carbonyl (C=O) groups excluding carboxylic acids is 2. The highest BCUT2D eigenvalue weighted by Gasteiger charge is 2.34. The normalized spacial score (nSPS) is 17.1. The monoisotopic (exact) mass is 466 g/mol. The van der Waals surface area contributed by atoms with Gasteiger partial charge in [0.15, 0.2) is 16.4 Å². The van der Waals surface area contributed by atoms with E-state index in [1.54, 1.807) is 19.1 Å². The number of pyridine rings is 1. The summed E-state index contributed by atoms with van der Waals surface area (Å²) < 4.78 is 29.0. The average Bonchev–Trinajstić information content (AvgIpc) is 3.16. The molecule has 1 atom stereocenters. The van der Waals surface area contributed by atoms with Gasteiger partial charge in [0, 0.05) is 23.5 Å². The Kier molecular flexibility index (Phi) is 6.47. The van der Waals surface area contributed by atoms with Gasteiger partial charge in [0.1, 0.15) is 0 Å². The van der Waals surface area contributed by atoms with Crippen LogP contribution in [0.4, 0.5) is 0 Å². The van der Waals surface area contributed by atoms with E-state index in [1.807, 2.05) is 49.4 Å². The molecule has 1 unspecified atom stereocenters. The molecule has 1 fully saturated rings. The molecule has 0 N–H and O–H groups in total. The Morgan fingerprint density at radius 3 is 2.52 bits per heavy atom. The van der Waals surface area contributed by atoms with E-state index in [0.717, 1.165) is 11.1 Å². The summed E-state index contributed by atoms with van der Waals surface area (Å²) in [6.07, 6.45) is 0.408. The number of para-hydroxylation sites is 1. The molecule has 0 radical (unpaired) electrons. The van der Waals surface area contributed by atoms with Crippen LogP contribution in [0.5, 0.6) is 0 Å². The van der Waals surface area contributed by atoms with Gasteiger partial charge in [-0.15, -0.1) is 0 Å². The molecule has 7 nitrogen and oxygen atoms in total. The van der Waals surface area contributed by atoms with Crippen LogP contribution < -0.4 is 0 Å². The highest BCUT2D eigenvalue weighted by atomic mass is 32.2. The molecule has 0 aliphatic carbocycles.